The number of aromatic nitrogens is 1. The van der Waals surface area contributed by atoms with Gasteiger partial charge in [-0.05, 0) is 62.1 Å². The minimum atomic E-state index is -0.136. The fraction of sp³-hybridized carbons (Fsp3) is 0.300. The fourth-order valence-corrected chi connectivity index (χ4v) is 3.68. The standard InChI is InChI=1S/C20H20ClN3O2/c21-13-3-8-16-17(9-10-22-18(16)12-13)23-14-4-6-15(7-5-14)24-20(25)19-2-1-11-26-19/h1-3,8-12,14-15H,4-7H2,(H,22,23)(H,24,25)/t14-,15+. The summed E-state index contributed by atoms with van der Waals surface area (Å²) in [7, 11) is 0. The lowest BCUT2D eigenvalue weighted by Crippen LogP contribution is -2.40. The quantitative estimate of drug-likeness (QED) is 0.703. The minimum Gasteiger partial charge on any atom is -0.459 e. The third kappa shape index (κ3) is 3.68. The highest BCUT2D eigenvalue weighted by Gasteiger charge is 2.23. The Balaban J connectivity index is 1.36. The molecule has 0 radical (unpaired) electrons. The number of nitrogens with zero attached hydrogens (tertiary/aromatic N) is 1. The Morgan fingerprint density at radius 2 is 1.92 bits per heavy atom. The number of pyridine rings is 1. The number of hydrogen-bond donors (Lipinski definition) is 2. The third-order valence-electron chi connectivity index (χ3n) is 4.87. The van der Waals surface area contributed by atoms with Crippen LogP contribution in [0.3, 0.4) is 0 Å². The Morgan fingerprint density at radius 1 is 1.12 bits per heavy atom. The Morgan fingerprint density at radius 3 is 2.69 bits per heavy atom. The molecule has 0 saturated heterocycles. The molecule has 1 fully saturated rings. The number of furan rings is 1. The van der Waals surface area contributed by atoms with Crippen LogP contribution >= 0.6 is 11.6 Å². The SMILES string of the molecule is O=C(N[C@H]1CC[C@@H](Nc2ccnc3cc(Cl)ccc23)CC1)c1ccco1. The molecular weight excluding hydrogens is 350 g/mol. The second kappa shape index (κ2) is 7.38. The van der Waals surface area contributed by atoms with Crippen molar-refractivity contribution in [3.8, 4) is 0 Å². The molecule has 1 saturated carbocycles. The van der Waals surface area contributed by atoms with E-state index in [9.17, 15) is 4.79 Å². The molecule has 2 N–H and O–H groups in total. The van der Waals surface area contributed by atoms with E-state index in [0.29, 0.717) is 16.8 Å². The molecule has 5 nitrogen and oxygen atoms in total. The molecule has 26 heavy (non-hydrogen) atoms. The molecular formula is C20H20ClN3O2. The molecule has 0 unspecified atom stereocenters. The van der Waals surface area contributed by atoms with Gasteiger partial charge in [-0.2, -0.15) is 0 Å². The van der Waals surface area contributed by atoms with Crippen LogP contribution in [0.4, 0.5) is 5.69 Å². The van der Waals surface area contributed by atoms with Crippen molar-refractivity contribution < 1.29 is 9.21 Å². The van der Waals surface area contributed by atoms with Crippen molar-refractivity contribution in [1.82, 2.24) is 10.3 Å². The first-order chi connectivity index (χ1) is 12.7. The fourth-order valence-electron chi connectivity index (χ4n) is 3.51. The van der Waals surface area contributed by atoms with E-state index in [1.54, 1.807) is 18.3 Å². The first-order valence-corrected chi connectivity index (χ1v) is 9.22. The molecule has 1 aliphatic rings. The van der Waals surface area contributed by atoms with Crippen molar-refractivity contribution in [3.63, 3.8) is 0 Å². The monoisotopic (exact) mass is 369 g/mol. The molecule has 0 aliphatic heterocycles. The van der Waals surface area contributed by atoms with Crippen LogP contribution in [0, 0.1) is 0 Å². The molecule has 1 amide bonds. The van der Waals surface area contributed by atoms with Gasteiger partial charge in [-0.25, -0.2) is 0 Å². The first-order valence-electron chi connectivity index (χ1n) is 8.84. The second-order valence-electron chi connectivity index (χ2n) is 6.66. The molecule has 1 aliphatic carbocycles. The summed E-state index contributed by atoms with van der Waals surface area (Å²) >= 11 is 6.06. The van der Waals surface area contributed by atoms with E-state index in [-0.39, 0.29) is 11.9 Å². The Labute approximate surface area is 156 Å². The van der Waals surface area contributed by atoms with Crippen molar-refractivity contribution in [1.29, 1.82) is 0 Å². The summed E-state index contributed by atoms with van der Waals surface area (Å²) in [4.78, 5) is 16.5. The minimum absolute atomic E-state index is 0.136. The van der Waals surface area contributed by atoms with Gasteiger partial charge in [0.15, 0.2) is 5.76 Å². The maximum Gasteiger partial charge on any atom is 0.287 e. The average Bonchev–Trinajstić information content (AvgIpc) is 3.18. The number of nitrogens with one attached hydrogen (secondary N) is 2. The highest BCUT2D eigenvalue weighted by molar-refractivity contribution is 6.31. The highest BCUT2D eigenvalue weighted by atomic mass is 35.5. The summed E-state index contributed by atoms with van der Waals surface area (Å²) in [6, 6.07) is 11.8. The number of halogens is 1. The van der Waals surface area contributed by atoms with Gasteiger partial charge in [0.25, 0.3) is 5.91 Å². The van der Waals surface area contributed by atoms with Gasteiger partial charge >= 0.3 is 0 Å². The molecule has 0 spiro atoms. The number of hydrogen-bond acceptors (Lipinski definition) is 4. The van der Waals surface area contributed by atoms with Gasteiger partial charge in [0.2, 0.25) is 0 Å². The third-order valence-corrected chi connectivity index (χ3v) is 5.11. The predicted molar refractivity (Wildman–Crippen MR) is 103 cm³/mol. The zero-order valence-corrected chi connectivity index (χ0v) is 15.0. The largest absolute Gasteiger partial charge is 0.459 e. The van der Waals surface area contributed by atoms with Crippen molar-refractivity contribution in [2.45, 2.75) is 37.8 Å². The van der Waals surface area contributed by atoms with Crippen LogP contribution in [-0.2, 0) is 0 Å². The van der Waals surface area contributed by atoms with Gasteiger partial charge in [0, 0.05) is 34.4 Å². The number of fused-ring (bicyclic) bond motifs is 1. The first kappa shape index (κ1) is 16.9. The molecule has 6 heteroatoms. The second-order valence-corrected chi connectivity index (χ2v) is 7.10. The zero-order chi connectivity index (χ0) is 17.9. The van der Waals surface area contributed by atoms with Crippen molar-refractivity contribution >= 4 is 34.1 Å². The van der Waals surface area contributed by atoms with Crippen LogP contribution in [-0.4, -0.2) is 23.0 Å². The van der Waals surface area contributed by atoms with Crippen LogP contribution in [0.1, 0.15) is 36.2 Å². The van der Waals surface area contributed by atoms with Crippen LogP contribution in [0.5, 0.6) is 0 Å². The molecule has 4 rings (SSSR count). The van der Waals surface area contributed by atoms with E-state index in [2.05, 4.69) is 15.6 Å². The van der Waals surface area contributed by atoms with E-state index in [1.165, 1.54) is 6.26 Å². The molecule has 0 atom stereocenters. The van der Waals surface area contributed by atoms with Gasteiger partial charge < -0.3 is 15.1 Å². The summed E-state index contributed by atoms with van der Waals surface area (Å²) in [5, 5.41) is 8.45. The lowest BCUT2D eigenvalue weighted by Gasteiger charge is -2.30. The summed E-state index contributed by atoms with van der Waals surface area (Å²) in [6.45, 7) is 0. The van der Waals surface area contributed by atoms with Crippen molar-refractivity contribution in [3.05, 3.63) is 59.6 Å². The predicted octanol–water partition coefficient (Wildman–Crippen LogP) is 4.63. The normalized spacial score (nSPS) is 20.0. The van der Waals surface area contributed by atoms with Crippen LogP contribution < -0.4 is 10.6 Å². The van der Waals surface area contributed by atoms with Gasteiger partial charge in [-0.1, -0.05) is 11.6 Å². The van der Waals surface area contributed by atoms with E-state index in [1.807, 2.05) is 24.3 Å². The van der Waals surface area contributed by atoms with Crippen molar-refractivity contribution in [2.75, 3.05) is 5.32 Å². The van der Waals surface area contributed by atoms with Gasteiger partial charge in [0.05, 0.1) is 11.8 Å². The Bertz CT molecular complexity index is 903. The smallest absolute Gasteiger partial charge is 0.287 e. The van der Waals surface area contributed by atoms with E-state index in [4.69, 9.17) is 16.0 Å². The summed E-state index contributed by atoms with van der Waals surface area (Å²) in [5.74, 6) is 0.232. The maximum absolute atomic E-state index is 12.1. The molecule has 2 heterocycles. The number of rotatable bonds is 4. The van der Waals surface area contributed by atoms with Crippen LogP contribution in [0.15, 0.2) is 53.3 Å². The molecule has 3 aromatic rings. The molecule has 2 aromatic heterocycles. The summed E-state index contributed by atoms with van der Waals surface area (Å²) in [5.41, 5.74) is 1.97. The number of anilines is 1. The molecule has 1 aromatic carbocycles. The lowest BCUT2D eigenvalue weighted by molar-refractivity contribution is 0.0898. The molecule has 134 valence electrons. The number of carbonyl (C=O) groups is 1. The van der Waals surface area contributed by atoms with E-state index < -0.39 is 0 Å². The number of benzene rings is 1. The molecule has 0 bridgehead atoms. The van der Waals surface area contributed by atoms with Crippen LogP contribution in [0.2, 0.25) is 5.02 Å². The van der Waals surface area contributed by atoms with Crippen molar-refractivity contribution in [2.24, 2.45) is 0 Å². The van der Waals surface area contributed by atoms with Gasteiger partial charge in [0.1, 0.15) is 0 Å². The Hall–Kier alpha value is -2.53. The topological polar surface area (TPSA) is 67.2 Å². The number of amides is 1. The number of carbonyl (C=O) groups excluding carboxylic acids is 1. The van der Waals surface area contributed by atoms with E-state index in [0.717, 1.165) is 42.3 Å². The van der Waals surface area contributed by atoms with Crippen LogP contribution in [0.25, 0.3) is 10.9 Å². The summed E-state index contributed by atoms with van der Waals surface area (Å²) < 4.78 is 5.15. The van der Waals surface area contributed by atoms with Gasteiger partial charge in [-0.15, -0.1) is 0 Å². The average molecular weight is 370 g/mol. The zero-order valence-electron chi connectivity index (χ0n) is 14.2. The lowest BCUT2D eigenvalue weighted by atomic mass is 9.90. The summed E-state index contributed by atoms with van der Waals surface area (Å²) in [6.07, 6.45) is 7.21. The Kier molecular flexibility index (Phi) is 4.80. The maximum atomic E-state index is 12.1. The van der Waals surface area contributed by atoms with Gasteiger partial charge in [-0.3, -0.25) is 9.78 Å². The highest BCUT2D eigenvalue weighted by Crippen LogP contribution is 2.28. The van der Waals surface area contributed by atoms with E-state index >= 15 is 0 Å².